The molecule has 4 nitrogen and oxygen atoms in total. The predicted octanol–water partition coefficient (Wildman–Crippen LogP) is 3.46. The molecule has 1 aliphatic rings. The Morgan fingerprint density at radius 1 is 1.26 bits per heavy atom. The normalized spacial score (nSPS) is 16.2. The lowest BCUT2D eigenvalue weighted by molar-refractivity contribution is -0.122. The minimum Gasteiger partial charge on any atom is -0.321 e. The monoisotopic (exact) mass is 322 g/mol. The van der Waals surface area contributed by atoms with Gasteiger partial charge in [0.05, 0.1) is 11.4 Å². The highest BCUT2D eigenvalue weighted by Gasteiger charge is 2.34. The highest BCUT2D eigenvalue weighted by molar-refractivity contribution is 8.18. The van der Waals surface area contributed by atoms with Crippen LogP contribution in [0, 0.1) is 19.3 Å². The average molecular weight is 322 g/mol. The second kappa shape index (κ2) is 6.19. The Hall–Kier alpha value is -2.71. The van der Waals surface area contributed by atoms with Crippen LogP contribution in [0.2, 0.25) is 0 Å². The Kier molecular flexibility index (Phi) is 4.09. The number of rotatable bonds is 3. The first-order valence-electron chi connectivity index (χ1n) is 7.03. The molecule has 23 heavy (non-hydrogen) atoms. The molecule has 0 spiro atoms. The molecule has 3 rings (SSSR count). The summed E-state index contributed by atoms with van der Waals surface area (Å²) in [6.45, 7) is 2.00. The summed E-state index contributed by atoms with van der Waals surface area (Å²) in [6, 6.07) is 11.9. The molecular formula is C18H14N2O2S. The van der Waals surface area contributed by atoms with E-state index in [4.69, 9.17) is 6.42 Å². The number of aromatic nitrogens is 1. The van der Waals surface area contributed by atoms with Gasteiger partial charge in [-0.25, -0.2) is 0 Å². The molecule has 1 saturated heterocycles. The molecule has 0 bridgehead atoms. The quantitative estimate of drug-likeness (QED) is 0.642. The van der Waals surface area contributed by atoms with E-state index in [1.165, 1.54) is 0 Å². The maximum atomic E-state index is 12.2. The Bertz CT molecular complexity index is 844. The predicted molar refractivity (Wildman–Crippen MR) is 92.0 cm³/mol. The van der Waals surface area contributed by atoms with Gasteiger partial charge < -0.3 is 4.57 Å². The molecule has 0 aliphatic carbocycles. The SMILES string of the molecule is C#CCN1C(=O)S/C(=C/c2cc(C)n(-c3ccccc3)c2)C1=O. The lowest BCUT2D eigenvalue weighted by Gasteiger charge is -2.06. The second-order valence-corrected chi connectivity index (χ2v) is 6.09. The van der Waals surface area contributed by atoms with Crippen LogP contribution in [0.3, 0.4) is 0 Å². The molecule has 5 heteroatoms. The fourth-order valence-electron chi connectivity index (χ4n) is 2.42. The van der Waals surface area contributed by atoms with E-state index in [1.54, 1.807) is 6.08 Å². The van der Waals surface area contributed by atoms with Crippen molar-refractivity contribution in [1.82, 2.24) is 9.47 Å². The van der Waals surface area contributed by atoms with E-state index in [0.717, 1.165) is 33.6 Å². The van der Waals surface area contributed by atoms with E-state index in [1.807, 2.05) is 54.1 Å². The van der Waals surface area contributed by atoms with Crippen molar-refractivity contribution >= 4 is 29.0 Å². The molecule has 114 valence electrons. The third-order valence-electron chi connectivity index (χ3n) is 3.49. The molecule has 1 fully saturated rings. The van der Waals surface area contributed by atoms with E-state index < -0.39 is 0 Å². The number of imide groups is 1. The molecule has 1 aromatic carbocycles. The topological polar surface area (TPSA) is 42.3 Å². The third kappa shape index (κ3) is 2.94. The zero-order valence-electron chi connectivity index (χ0n) is 12.5. The fraction of sp³-hybridized carbons (Fsp3) is 0.111. The van der Waals surface area contributed by atoms with Gasteiger partial charge in [0.2, 0.25) is 0 Å². The number of terminal acetylenes is 1. The van der Waals surface area contributed by atoms with Crippen LogP contribution in [-0.4, -0.2) is 27.2 Å². The largest absolute Gasteiger partial charge is 0.321 e. The number of thioether (sulfide) groups is 1. The number of amides is 2. The molecule has 1 aromatic heterocycles. The Morgan fingerprint density at radius 3 is 2.70 bits per heavy atom. The third-order valence-corrected chi connectivity index (χ3v) is 4.40. The van der Waals surface area contributed by atoms with Crippen LogP contribution in [0.4, 0.5) is 4.79 Å². The van der Waals surface area contributed by atoms with Gasteiger partial charge in [-0.05, 0) is 48.5 Å². The fourth-order valence-corrected chi connectivity index (χ4v) is 3.26. The van der Waals surface area contributed by atoms with Gasteiger partial charge in [0.25, 0.3) is 11.1 Å². The maximum absolute atomic E-state index is 12.2. The van der Waals surface area contributed by atoms with Crippen LogP contribution in [0.15, 0.2) is 47.5 Å². The molecule has 1 aliphatic heterocycles. The number of nitrogens with zero attached hydrogens (tertiary/aromatic N) is 2. The molecular weight excluding hydrogens is 308 g/mol. The van der Waals surface area contributed by atoms with Gasteiger partial charge in [0, 0.05) is 17.6 Å². The van der Waals surface area contributed by atoms with Gasteiger partial charge in [0.1, 0.15) is 0 Å². The van der Waals surface area contributed by atoms with Crippen molar-refractivity contribution in [2.24, 2.45) is 0 Å². The van der Waals surface area contributed by atoms with Crippen molar-refractivity contribution in [3.63, 3.8) is 0 Å². The number of para-hydroxylation sites is 1. The van der Waals surface area contributed by atoms with Crippen LogP contribution in [0.25, 0.3) is 11.8 Å². The first kappa shape index (κ1) is 15.2. The lowest BCUT2D eigenvalue weighted by Crippen LogP contribution is -2.28. The van der Waals surface area contributed by atoms with Gasteiger partial charge >= 0.3 is 0 Å². The highest BCUT2D eigenvalue weighted by Crippen LogP contribution is 2.32. The summed E-state index contributed by atoms with van der Waals surface area (Å²) in [7, 11) is 0. The van der Waals surface area contributed by atoms with Crippen LogP contribution >= 0.6 is 11.8 Å². The molecule has 0 radical (unpaired) electrons. The molecule has 0 unspecified atom stereocenters. The minimum atomic E-state index is -0.330. The zero-order valence-corrected chi connectivity index (χ0v) is 13.3. The lowest BCUT2D eigenvalue weighted by atomic mass is 10.3. The number of hydrogen-bond donors (Lipinski definition) is 0. The van der Waals surface area contributed by atoms with Gasteiger partial charge in [-0.2, -0.15) is 0 Å². The second-order valence-electron chi connectivity index (χ2n) is 5.09. The summed E-state index contributed by atoms with van der Waals surface area (Å²) in [5.41, 5.74) is 2.97. The Balaban J connectivity index is 1.91. The van der Waals surface area contributed by atoms with E-state index in [9.17, 15) is 9.59 Å². The molecule has 0 saturated carbocycles. The molecule has 2 aromatic rings. The van der Waals surface area contributed by atoms with E-state index in [2.05, 4.69) is 5.92 Å². The summed E-state index contributed by atoms with van der Waals surface area (Å²) < 4.78 is 2.04. The average Bonchev–Trinajstić information content (AvgIpc) is 3.03. The summed E-state index contributed by atoms with van der Waals surface area (Å²) in [5.74, 6) is 2.00. The van der Waals surface area contributed by atoms with Crippen molar-refractivity contribution in [1.29, 1.82) is 0 Å². The van der Waals surface area contributed by atoms with Crippen molar-refractivity contribution < 1.29 is 9.59 Å². The summed E-state index contributed by atoms with van der Waals surface area (Å²) in [6.07, 6.45) is 8.86. The summed E-state index contributed by atoms with van der Waals surface area (Å²) >= 11 is 0.921. The van der Waals surface area contributed by atoms with Crippen molar-refractivity contribution in [2.75, 3.05) is 6.54 Å². The van der Waals surface area contributed by atoms with Gasteiger partial charge in [0.15, 0.2) is 0 Å². The van der Waals surface area contributed by atoms with Crippen LogP contribution in [-0.2, 0) is 4.79 Å². The summed E-state index contributed by atoms with van der Waals surface area (Å²) in [5, 5.41) is -0.321. The first-order chi connectivity index (χ1) is 11.1. The molecule has 2 amide bonds. The first-order valence-corrected chi connectivity index (χ1v) is 7.85. The van der Waals surface area contributed by atoms with Crippen LogP contribution in [0.5, 0.6) is 0 Å². The standard InChI is InChI=1S/C18H14N2O2S/c1-3-9-19-17(21)16(23-18(19)22)11-14-10-13(2)20(12-14)15-7-5-4-6-8-15/h1,4-8,10-12H,9H2,2H3/b16-11+. The van der Waals surface area contributed by atoms with Gasteiger partial charge in [-0.15, -0.1) is 6.42 Å². The van der Waals surface area contributed by atoms with Gasteiger partial charge in [-0.3, -0.25) is 14.5 Å². The summed E-state index contributed by atoms with van der Waals surface area (Å²) in [4.78, 5) is 25.5. The zero-order chi connectivity index (χ0) is 16.4. The van der Waals surface area contributed by atoms with Crippen molar-refractivity contribution in [3.05, 3.63) is 58.8 Å². The Labute approximate surface area is 138 Å². The maximum Gasteiger partial charge on any atom is 0.294 e. The number of carbonyl (C=O) groups is 2. The van der Waals surface area contributed by atoms with Crippen LogP contribution in [0.1, 0.15) is 11.3 Å². The number of benzene rings is 1. The van der Waals surface area contributed by atoms with Gasteiger partial charge in [-0.1, -0.05) is 24.1 Å². The van der Waals surface area contributed by atoms with E-state index in [-0.39, 0.29) is 17.7 Å². The number of hydrogen-bond acceptors (Lipinski definition) is 3. The number of carbonyl (C=O) groups excluding carboxylic acids is 2. The van der Waals surface area contributed by atoms with Crippen molar-refractivity contribution in [3.8, 4) is 18.0 Å². The van der Waals surface area contributed by atoms with E-state index in [0.29, 0.717) is 4.91 Å². The van der Waals surface area contributed by atoms with E-state index >= 15 is 0 Å². The van der Waals surface area contributed by atoms with Crippen molar-refractivity contribution in [2.45, 2.75) is 6.92 Å². The minimum absolute atomic E-state index is 0.00601. The smallest absolute Gasteiger partial charge is 0.294 e. The number of aryl methyl sites for hydroxylation is 1. The Morgan fingerprint density at radius 2 is 2.00 bits per heavy atom. The molecule has 0 N–H and O–H groups in total. The molecule has 2 heterocycles. The highest BCUT2D eigenvalue weighted by atomic mass is 32.2. The molecule has 0 atom stereocenters. The van der Waals surface area contributed by atoms with Crippen LogP contribution < -0.4 is 0 Å².